The van der Waals surface area contributed by atoms with Crippen molar-refractivity contribution < 1.29 is 23.1 Å². The number of aryl methyl sites for hydroxylation is 1. The first-order valence-corrected chi connectivity index (χ1v) is 9.02. The normalized spacial score (nSPS) is 13.9. The van der Waals surface area contributed by atoms with Gasteiger partial charge in [-0.05, 0) is 38.0 Å². The summed E-state index contributed by atoms with van der Waals surface area (Å²) in [5.74, 6) is -1.69. The molecule has 0 aromatic heterocycles. The van der Waals surface area contributed by atoms with E-state index in [0.717, 1.165) is 6.26 Å². The minimum atomic E-state index is -3.48. The molecule has 1 amide bonds. The van der Waals surface area contributed by atoms with Gasteiger partial charge in [0.25, 0.3) is 5.91 Å². The maximum atomic E-state index is 12.3. The van der Waals surface area contributed by atoms with Gasteiger partial charge in [0.2, 0.25) is 10.0 Å². The van der Waals surface area contributed by atoms with E-state index in [-0.39, 0.29) is 17.7 Å². The molecule has 1 aromatic carbocycles. The van der Waals surface area contributed by atoms with Crippen molar-refractivity contribution in [2.24, 2.45) is 0 Å². The second kappa shape index (κ2) is 6.99. The molecule has 1 atom stereocenters. The molecule has 0 spiro atoms. The van der Waals surface area contributed by atoms with E-state index in [1.54, 1.807) is 13.0 Å². The first-order valence-electron chi connectivity index (χ1n) is 7.13. The maximum absolute atomic E-state index is 12.3. The van der Waals surface area contributed by atoms with Crippen molar-refractivity contribution in [1.29, 1.82) is 0 Å². The van der Waals surface area contributed by atoms with Crippen LogP contribution in [0.25, 0.3) is 0 Å². The van der Waals surface area contributed by atoms with Crippen LogP contribution in [0.1, 0.15) is 42.6 Å². The van der Waals surface area contributed by atoms with Gasteiger partial charge < -0.3 is 10.4 Å². The number of rotatable bonds is 7. The number of benzene rings is 1. The van der Waals surface area contributed by atoms with Crippen LogP contribution in [-0.2, 0) is 14.8 Å². The van der Waals surface area contributed by atoms with Crippen LogP contribution in [0.15, 0.2) is 18.2 Å². The predicted octanol–water partition coefficient (Wildman–Crippen LogP) is 1.74. The van der Waals surface area contributed by atoms with Crippen molar-refractivity contribution in [3.63, 3.8) is 0 Å². The summed E-state index contributed by atoms with van der Waals surface area (Å²) in [6, 6.07) is 4.51. The van der Waals surface area contributed by atoms with Crippen LogP contribution in [0.5, 0.6) is 0 Å². The number of carboxylic acids is 1. The number of anilines is 1. The summed E-state index contributed by atoms with van der Waals surface area (Å²) >= 11 is 0. The van der Waals surface area contributed by atoms with Gasteiger partial charge in [-0.1, -0.05) is 19.4 Å². The highest BCUT2D eigenvalue weighted by atomic mass is 32.2. The van der Waals surface area contributed by atoms with Gasteiger partial charge in [0, 0.05) is 5.56 Å². The molecule has 1 rings (SSSR count). The Bertz CT molecular complexity index is 715. The Labute approximate surface area is 136 Å². The van der Waals surface area contributed by atoms with Crippen molar-refractivity contribution >= 4 is 27.6 Å². The molecule has 0 bridgehead atoms. The van der Waals surface area contributed by atoms with Gasteiger partial charge in [0.1, 0.15) is 5.54 Å². The molecule has 3 N–H and O–H groups in total. The summed E-state index contributed by atoms with van der Waals surface area (Å²) in [7, 11) is -3.48. The lowest BCUT2D eigenvalue weighted by Gasteiger charge is -2.26. The van der Waals surface area contributed by atoms with Crippen LogP contribution in [-0.4, -0.2) is 37.2 Å². The highest BCUT2D eigenvalue weighted by Crippen LogP contribution is 2.20. The van der Waals surface area contributed by atoms with E-state index in [2.05, 4.69) is 10.0 Å². The molecule has 128 valence electrons. The third kappa shape index (κ3) is 5.24. The van der Waals surface area contributed by atoms with E-state index in [9.17, 15) is 23.1 Å². The van der Waals surface area contributed by atoms with Gasteiger partial charge in [0.05, 0.1) is 11.9 Å². The molecule has 0 aliphatic heterocycles. The number of nitrogens with one attached hydrogen (secondary N) is 2. The Morgan fingerprint density at radius 1 is 1.30 bits per heavy atom. The van der Waals surface area contributed by atoms with E-state index in [1.807, 2.05) is 6.92 Å². The smallest absolute Gasteiger partial charge is 0.329 e. The molecule has 0 heterocycles. The molecule has 23 heavy (non-hydrogen) atoms. The average molecular weight is 342 g/mol. The maximum Gasteiger partial charge on any atom is 0.329 e. The van der Waals surface area contributed by atoms with Crippen LogP contribution in [0.4, 0.5) is 5.69 Å². The van der Waals surface area contributed by atoms with Gasteiger partial charge in [0.15, 0.2) is 0 Å². The molecule has 1 unspecified atom stereocenters. The van der Waals surface area contributed by atoms with Crippen molar-refractivity contribution in [1.82, 2.24) is 5.32 Å². The van der Waals surface area contributed by atoms with Crippen molar-refractivity contribution in [2.75, 3.05) is 11.0 Å². The quantitative estimate of drug-likeness (QED) is 0.698. The topological polar surface area (TPSA) is 113 Å². The summed E-state index contributed by atoms with van der Waals surface area (Å²) in [6.45, 7) is 4.97. The van der Waals surface area contributed by atoms with Crippen LogP contribution >= 0.6 is 0 Å². The summed E-state index contributed by atoms with van der Waals surface area (Å²) in [5.41, 5.74) is -0.249. The van der Waals surface area contributed by atoms with Crippen LogP contribution in [0.3, 0.4) is 0 Å². The Kier molecular flexibility index (Phi) is 5.76. The third-order valence-corrected chi connectivity index (χ3v) is 4.00. The molecule has 1 aromatic rings. The Morgan fingerprint density at radius 2 is 1.91 bits per heavy atom. The molecule has 0 aliphatic carbocycles. The van der Waals surface area contributed by atoms with Gasteiger partial charge in [-0.15, -0.1) is 0 Å². The molecule has 0 saturated heterocycles. The van der Waals surface area contributed by atoms with Crippen LogP contribution in [0, 0.1) is 6.92 Å². The van der Waals surface area contributed by atoms with E-state index in [0.29, 0.717) is 12.0 Å². The van der Waals surface area contributed by atoms with Gasteiger partial charge in [-0.25, -0.2) is 13.2 Å². The van der Waals surface area contributed by atoms with E-state index < -0.39 is 27.4 Å². The number of carbonyl (C=O) groups excluding carboxylic acids is 1. The minimum Gasteiger partial charge on any atom is -0.480 e. The Hall–Kier alpha value is -2.09. The van der Waals surface area contributed by atoms with Crippen molar-refractivity contribution in [3.05, 3.63) is 29.3 Å². The number of amides is 1. The zero-order valence-corrected chi connectivity index (χ0v) is 14.5. The molecule has 0 fully saturated rings. The van der Waals surface area contributed by atoms with Crippen LogP contribution < -0.4 is 10.0 Å². The number of carboxylic acid groups (broad SMARTS) is 1. The lowest BCUT2D eigenvalue weighted by molar-refractivity contribution is -0.144. The predicted molar refractivity (Wildman–Crippen MR) is 88.1 cm³/mol. The lowest BCUT2D eigenvalue weighted by atomic mass is 9.95. The second-order valence-corrected chi connectivity index (χ2v) is 7.49. The first-order chi connectivity index (χ1) is 10.5. The monoisotopic (exact) mass is 342 g/mol. The highest BCUT2D eigenvalue weighted by Gasteiger charge is 2.34. The second-order valence-electron chi connectivity index (χ2n) is 5.75. The van der Waals surface area contributed by atoms with E-state index in [4.69, 9.17) is 0 Å². The van der Waals surface area contributed by atoms with Crippen molar-refractivity contribution in [2.45, 2.75) is 39.2 Å². The average Bonchev–Trinajstić information content (AvgIpc) is 2.39. The highest BCUT2D eigenvalue weighted by molar-refractivity contribution is 7.92. The zero-order valence-electron chi connectivity index (χ0n) is 13.6. The van der Waals surface area contributed by atoms with Gasteiger partial charge >= 0.3 is 5.97 Å². The minimum absolute atomic E-state index is 0.185. The molecule has 0 aliphatic rings. The summed E-state index contributed by atoms with van der Waals surface area (Å²) in [5, 5.41) is 11.8. The third-order valence-electron chi connectivity index (χ3n) is 3.41. The number of carbonyl (C=O) groups is 2. The van der Waals surface area contributed by atoms with E-state index in [1.165, 1.54) is 19.1 Å². The zero-order chi connectivity index (χ0) is 17.8. The molecular formula is C15H22N2O5S. The number of hydrogen-bond donors (Lipinski definition) is 3. The van der Waals surface area contributed by atoms with Gasteiger partial charge in [-0.3, -0.25) is 9.52 Å². The fraction of sp³-hybridized carbons (Fsp3) is 0.467. The number of sulfonamides is 1. The first kappa shape index (κ1) is 19.0. The molecule has 0 saturated carbocycles. The van der Waals surface area contributed by atoms with Crippen LogP contribution in [0.2, 0.25) is 0 Å². The molecular weight excluding hydrogens is 320 g/mol. The van der Waals surface area contributed by atoms with Crippen molar-refractivity contribution in [3.8, 4) is 0 Å². The Morgan fingerprint density at radius 3 is 2.39 bits per heavy atom. The fourth-order valence-electron chi connectivity index (χ4n) is 2.12. The lowest BCUT2D eigenvalue weighted by Crippen LogP contribution is -2.52. The number of hydrogen-bond acceptors (Lipinski definition) is 4. The largest absolute Gasteiger partial charge is 0.480 e. The standard InChI is InChI=1S/C15H22N2O5S/c1-5-8-15(3,14(19)20)16-13(18)11-7-6-10(2)12(9-11)17-23(4,21)22/h6-7,9,17H,5,8H2,1-4H3,(H,16,18)(H,19,20). The SMILES string of the molecule is CCCC(C)(NC(=O)c1ccc(C)c(NS(C)(=O)=O)c1)C(=O)O. The molecule has 0 radical (unpaired) electrons. The molecule has 7 nitrogen and oxygen atoms in total. The summed E-state index contributed by atoms with van der Waals surface area (Å²) in [4.78, 5) is 23.7. The van der Waals surface area contributed by atoms with E-state index >= 15 is 0 Å². The summed E-state index contributed by atoms with van der Waals surface area (Å²) < 4.78 is 25.0. The fourth-order valence-corrected chi connectivity index (χ4v) is 2.74. The number of aliphatic carboxylic acids is 1. The van der Waals surface area contributed by atoms with Gasteiger partial charge in [-0.2, -0.15) is 0 Å². The summed E-state index contributed by atoms with van der Waals surface area (Å²) in [6.07, 6.45) is 1.90. The molecule has 8 heteroatoms. The Balaban J connectivity index is 3.09.